The van der Waals surface area contributed by atoms with Crippen LogP contribution >= 0.6 is 0 Å². The first-order valence-electron chi connectivity index (χ1n) is 5.63. The van der Waals surface area contributed by atoms with Crippen molar-refractivity contribution in [2.75, 3.05) is 13.2 Å². The minimum atomic E-state index is -2.08. The molecule has 0 aliphatic heterocycles. The number of carboxylic acid groups (broad SMARTS) is 1. The third kappa shape index (κ3) is 4.99. The second-order valence-electron chi connectivity index (χ2n) is 3.93. The largest absolute Gasteiger partial charge is 0.479 e. The van der Waals surface area contributed by atoms with E-state index >= 15 is 0 Å². The Bertz CT molecular complexity index is 272. The molecule has 114 valence electrons. The number of aliphatic carboxylic acids is 1. The molecule has 0 saturated carbocycles. The van der Waals surface area contributed by atoms with Crippen LogP contribution in [0.2, 0.25) is 0 Å². The lowest BCUT2D eigenvalue weighted by Gasteiger charge is -2.30. The molecule has 0 radical (unpaired) electrons. The predicted octanol–water partition coefficient (Wildman–Crippen LogP) is -3.73. The summed E-state index contributed by atoms with van der Waals surface area (Å²) >= 11 is 0. The van der Waals surface area contributed by atoms with Gasteiger partial charge in [0.25, 0.3) is 0 Å². The van der Waals surface area contributed by atoms with Crippen LogP contribution < -0.4 is 0 Å². The van der Waals surface area contributed by atoms with Crippen molar-refractivity contribution in [3.05, 3.63) is 0 Å². The van der Waals surface area contributed by atoms with Gasteiger partial charge in [0.2, 0.25) is 0 Å². The van der Waals surface area contributed by atoms with Crippen molar-refractivity contribution >= 4 is 5.97 Å². The number of ether oxygens (including phenoxy) is 1. The van der Waals surface area contributed by atoms with Crippen molar-refractivity contribution in [2.24, 2.45) is 0 Å². The fourth-order valence-electron chi connectivity index (χ4n) is 1.41. The molecule has 0 aliphatic carbocycles. The number of carboxylic acids is 1. The van der Waals surface area contributed by atoms with E-state index in [0.717, 1.165) is 0 Å². The van der Waals surface area contributed by atoms with Gasteiger partial charge in [-0.05, 0) is 6.92 Å². The second kappa shape index (κ2) is 8.38. The van der Waals surface area contributed by atoms with Crippen LogP contribution in [-0.4, -0.2) is 91.6 Å². The average molecular weight is 284 g/mol. The van der Waals surface area contributed by atoms with Gasteiger partial charge in [-0.1, -0.05) is 0 Å². The van der Waals surface area contributed by atoms with Crippen LogP contribution in [0.3, 0.4) is 0 Å². The van der Waals surface area contributed by atoms with Gasteiger partial charge in [0.05, 0.1) is 6.61 Å². The van der Waals surface area contributed by atoms with Crippen LogP contribution in [0.1, 0.15) is 6.92 Å². The van der Waals surface area contributed by atoms with Crippen molar-refractivity contribution in [3.63, 3.8) is 0 Å². The summed E-state index contributed by atoms with van der Waals surface area (Å²) in [6.45, 7) is 0.531. The molecule has 6 atom stereocenters. The number of hydrogen-bond acceptors (Lipinski definition) is 8. The molecule has 6 unspecified atom stereocenters. The maximum Gasteiger partial charge on any atom is 0.335 e. The van der Waals surface area contributed by atoms with Gasteiger partial charge in [0.1, 0.15) is 30.5 Å². The van der Waals surface area contributed by atoms with E-state index in [-0.39, 0.29) is 6.61 Å². The Morgan fingerprint density at radius 3 is 1.84 bits per heavy atom. The van der Waals surface area contributed by atoms with Crippen molar-refractivity contribution in [3.8, 4) is 0 Å². The van der Waals surface area contributed by atoms with Gasteiger partial charge in [-0.25, -0.2) is 4.79 Å². The minimum absolute atomic E-state index is 0.0569. The van der Waals surface area contributed by atoms with Crippen LogP contribution in [0, 0.1) is 0 Å². The van der Waals surface area contributed by atoms with E-state index in [1.54, 1.807) is 0 Å². The summed E-state index contributed by atoms with van der Waals surface area (Å²) < 4.78 is 4.69. The SMILES string of the molecule is CCOC(C(=O)O)C(O)C(O)C(O)C(O)C(O)CO. The highest BCUT2D eigenvalue weighted by Crippen LogP contribution is 2.13. The van der Waals surface area contributed by atoms with E-state index in [0.29, 0.717) is 0 Å². The van der Waals surface area contributed by atoms with E-state index in [1.165, 1.54) is 6.92 Å². The second-order valence-corrected chi connectivity index (χ2v) is 3.93. The van der Waals surface area contributed by atoms with Gasteiger partial charge in [0, 0.05) is 6.61 Å². The molecule has 0 aromatic carbocycles. The highest BCUT2D eigenvalue weighted by atomic mass is 16.5. The molecule has 0 fully saturated rings. The summed E-state index contributed by atoms with van der Waals surface area (Å²) in [6.07, 6.45) is -11.7. The molecule has 0 amide bonds. The Hall–Kier alpha value is -0.810. The van der Waals surface area contributed by atoms with Crippen LogP contribution in [0.4, 0.5) is 0 Å². The standard InChI is InChI=1S/C10H20O9/c1-2-19-9(10(17)18)8(16)7(15)6(14)5(13)4(12)3-11/h4-9,11-16H,2-3H2,1H3,(H,17,18). The first-order valence-corrected chi connectivity index (χ1v) is 5.63. The smallest absolute Gasteiger partial charge is 0.335 e. The number of aliphatic hydroxyl groups is 6. The third-order valence-electron chi connectivity index (χ3n) is 2.53. The lowest BCUT2D eigenvalue weighted by Crippen LogP contribution is -2.54. The molecule has 0 rings (SSSR count). The molecule has 0 aromatic rings. The van der Waals surface area contributed by atoms with Crippen molar-refractivity contribution in [2.45, 2.75) is 43.5 Å². The van der Waals surface area contributed by atoms with Crippen molar-refractivity contribution in [1.82, 2.24) is 0 Å². The maximum absolute atomic E-state index is 10.8. The van der Waals surface area contributed by atoms with Crippen LogP contribution in [0.15, 0.2) is 0 Å². The molecule has 0 saturated heterocycles. The number of aliphatic hydroxyl groups excluding tert-OH is 6. The van der Waals surface area contributed by atoms with E-state index in [9.17, 15) is 25.2 Å². The van der Waals surface area contributed by atoms with Crippen LogP contribution in [-0.2, 0) is 9.53 Å². The number of rotatable bonds is 9. The molecule has 0 spiro atoms. The monoisotopic (exact) mass is 284 g/mol. The lowest BCUT2D eigenvalue weighted by molar-refractivity contribution is -0.181. The van der Waals surface area contributed by atoms with E-state index in [4.69, 9.17) is 15.3 Å². The van der Waals surface area contributed by atoms with Crippen molar-refractivity contribution in [1.29, 1.82) is 0 Å². The normalized spacial score (nSPS) is 21.2. The molecular formula is C10H20O9. The predicted molar refractivity (Wildman–Crippen MR) is 60.2 cm³/mol. The molecule has 9 nitrogen and oxygen atoms in total. The van der Waals surface area contributed by atoms with Crippen LogP contribution in [0.25, 0.3) is 0 Å². The van der Waals surface area contributed by atoms with Gasteiger partial charge in [0.15, 0.2) is 6.10 Å². The van der Waals surface area contributed by atoms with Gasteiger partial charge in [-0.2, -0.15) is 0 Å². The summed E-state index contributed by atoms with van der Waals surface area (Å²) in [5, 5.41) is 64.4. The first-order chi connectivity index (χ1) is 8.77. The minimum Gasteiger partial charge on any atom is -0.479 e. The Kier molecular flexibility index (Phi) is 8.02. The summed E-state index contributed by atoms with van der Waals surface area (Å²) in [6, 6.07) is 0. The average Bonchev–Trinajstić information content (AvgIpc) is 2.40. The first kappa shape index (κ1) is 18.2. The Labute approximate surface area is 109 Å². The lowest BCUT2D eigenvalue weighted by atomic mass is 9.96. The van der Waals surface area contributed by atoms with Gasteiger partial charge < -0.3 is 40.5 Å². The summed E-state index contributed by atoms with van der Waals surface area (Å²) in [5.41, 5.74) is 0. The molecule has 19 heavy (non-hydrogen) atoms. The number of hydrogen-bond donors (Lipinski definition) is 7. The summed E-state index contributed by atoms with van der Waals surface area (Å²) in [7, 11) is 0. The zero-order chi connectivity index (χ0) is 15.2. The van der Waals surface area contributed by atoms with E-state index < -0.39 is 49.2 Å². The van der Waals surface area contributed by atoms with Gasteiger partial charge in [-0.15, -0.1) is 0 Å². The van der Waals surface area contributed by atoms with E-state index in [2.05, 4.69) is 4.74 Å². The maximum atomic E-state index is 10.8. The van der Waals surface area contributed by atoms with E-state index in [1.807, 2.05) is 0 Å². The molecule has 0 heterocycles. The Morgan fingerprint density at radius 2 is 1.47 bits per heavy atom. The van der Waals surface area contributed by atoms with Gasteiger partial charge >= 0.3 is 5.97 Å². The summed E-state index contributed by atoms with van der Waals surface area (Å²) in [5.74, 6) is -1.56. The zero-order valence-corrected chi connectivity index (χ0v) is 10.3. The third-order valence-corrected chi connectivity index (χ3v) is 2.53. The van der Waals surface area contributed by atoms with Crippen molar-refractivity contribution < 1.29 is 45.3 Å². The quantitative estimate of drug-likeness (QED) is 0.225. The highest BCUT2D eigenvalue weighted by Gasteiger charge is 2.40. The topological polar surface area (TPSA) is 168 Å². The number of carbonyl (C=O) groups is 1. The Balaban J connectivity index is 4.77. The molecule has 7 N–H and O–H groups in total. The molecule has 9 heteroatoms. The van der Waals surface area contributed by atoms with Gasteiger partial charge in [-0.3, -0.25) is 0 Å². The fraction of sp³-hybridized carbons (Fsp3) is 0.900. The molecule has 0 aromatic heterocycles. The molecule has 0 bridgehead atoms. The summed E-state index contributed by atoms with van der Waals surface area (Å²) in [4.78, 5) is 10.8. The fourth-order valence-corrected chi connectivity index (χ4v) is 1.41. The molecule has 0 aliphatic rings. The zero-order valence-electron chi connectivity index (χ0n) is 10.3. The molecular weight excluding hydrogens is 264 g/mol. The highest BCUT2D eigenvalue weighted by molar-refractivity contribution is 5.73. The van der Waals surface area contributed by atoms with Crippen LogP contribution in [0.5, 0.6) is 0 Å². The Morgan fingerprint density at radius 1 is 1.00 bits per heavy atom.